The zero-order valence-electron chi connectivity index (χ0n) is 13.8. The molecular weight excluding hydrogens is 288 g/mol. The number of hydrogen-bond acceptors (Lipinski definition) is 4. The summed E-state index contributed by atoms with van der Waals surface area (Å²) in [5, 5.41) is 0. The molecule has 0 saturated carbocycles. The molecule has 120 valence electrons. The number of rotatable bonds is 6. The van der Waals surface area contributed by atoms with Gasteiger partial charge in [0.05, 0.1) is 25.5 Å². The van der Waals surface area contributed by atoms with Crippen LogP contribution in [0.5, 0.6) is 0 Å². The molecule has 0 N–H and O–H groups in total. The van der Waals surface area contributed by atoms with Crippen LogP contribution in [0.15, 0.2) is 57.7 Å². The summed E-state index contributed by atoms with van der Waals surface area (Å²) in [6, 6.07) is 12.3. The molecule has 0 bridgehead atoms. The molecule has 4 nitrogen and oxygen atoms in total. The van der Waals surface area contributed by atoms with Crippen LogP contribution in [0.2, 0.25) is 0 Å². The zero-order chi connectivity index (χ0) is 16.2. The lowest BCUT2D eigenvalue weighted by molar-refractivity contribution is 0.429. The Bertz CT molecular complexity index is 727. The second-order valence-corrected chi connectivity index (χ2v) is 6.08. The normalized spacial score (nSPS) is 11.1. The summed E-state index contributed by atoms with van der Waals surface area (Å²) < 4.78 is 11.4. The number of aromatic nitrogens is 1. The fraction of sp³-hybridized carbons (Fsp3) is 0.316. The maximum Gasteiger partial charge on any atom is 0.213 e. The number of oxazole rings is 1. The molecule has 0 aliphatic rings. The Labute approximate surface area is 136 Å². The van der Waals surface area contributed by atoms with E-state index in [-0.39, 0.29) is 0 Å². The summed E-state index contributed by atoms with van der Waals surface area (Å²) in [5.41, 5.74) is 2.36. The van der Waals surface area contributed by atoms with Crippen molar-refractivity contribution in [3.05, 3.63) is 71.8 Å². The third-order valence-electron chi connectivity index (χ3n) is 3.79. The van der Waals surface area contributed by atoms with Crippen LogP contribution in [0.3, 0.4) is 0 Å². The van der Waals surface area contributed by atoms with E-state index in [4.69, 9.17) is 8.83 Å². The second-order valence-electron chi connectivity index (χ2n) is 6.08. The van der Waals surface area contributed by atoms with Gasteiger partial charge in [0.25, 0.3) is 0 Å². The molecule has 0 unspecified atom stereocenters. The Morgan fingerprint density at radius 2 is 1.87 bits per heavy atom. The minimum Gasteiger partial charge on any atom is -0.467 e. The molecule has 0 aliphatic heterocycles. The van der Waals surface area contributed by atoms with Crippen LogP contribution in [0.1, 0.15) is 42.7 Å². The fourth-order valence-electron chi connectivity index (χ4n) is 2.41. The van der Waals surface area contributed by atoms with E-state index in [2.05, 4.69) is 54.9 Å². The predicted octanol–water partition coefficient (Wildman–Crippen LogP) is 4.91. The molecule has 0 aliphatic carbocycles. The maximum absolute atomic E-state index is 5.86. The Balaban J connectivity index is 1.83. The average molecular weight is 310 g/mol. The first-order valence-corrected chi connectivity index (χ1v) is 7.90. The molecule has 3 rings (SSSR count). The van der Waals surface area contributed by atoms with E-state index in [1.54, 1.807) is 6.26 Å². The maximum atomic E-state index is 5.86. The van der Waals surface area contributed by atoms with Gasteiger partial charge in [-0.1, -0.05) is 31.5 Å². The Morgan fingerprint density at radius 1 is 1.09 bits per heavy atom. The van der Waals surface area contributed by atoms with E-state index in [1.807, 2.05) is 18.3 Å². The summed E-state index contributed by atoms with van der Waals surface area (Å²) in [4.78, 5) is 6.61. The van der Waals surface area contributed by atoms with Crippen LogP contribution in [-0.4, -0.2) is 4.98 Å². The van der Waals surface area contributed by atoms with E-state index < -0.39 is 0 Å². The zero-order valence-corrected chi connectivity index (χ0v) is 13.8. The highest BCUT2D eigenvalue weighted by atomic mass is 16.4. The Kier molecular flexibility index (Phi) is 4.51. The third-order valence-corrected chi connectivity index (χ3v) is 3.79. The van der Waals surface area contributed by atoms with Gasteiger partial charge >= 0.3 is 0 Å². The molecule has 0 saturated heterocycles. The number of hydrogen-bond donors (Lipinski definition) is 0. The van der Waals surface area contributed by atoms with Crippen molar-refractivity contribution >= 4 is 5.69 Å². The number of furan rings is 1. The van der Waals surface area contributed by atoms with Crippen molar-refractivity contribution in [2.45, 2.75) is 39.8 Å². The smallest absolute Gasteiger partial charge is 0.213 e. The van der Waals surface area contributed by atoms with Crippen LogP contribution in [0.25, 0.3) is 0 Å². The quantitative estimate of drug-likeness (QED) is 0.649. The van der Waals surface area contributed by atoms with Gasteiger partial charge in [-0.15, -0.1) is 0 Å². The van der Waals surface area contributed by atoms with E-state index in [0.29, 0.717) is 19.0 Å². The van der Waals surface area contributed by atoms with Crippen LogP contribution >= 0.6 is 0 Å². The molecule has 1 aromatic carbocycles. The first-order chi connectivity index (χ1) is 11.1. The van der Waals surface area contributed by atoms with E-state index in [0.717, 1.165) is 23.1 Å². The van der Waals surface area contributed by atoms with Crippen molar-refractivity contribution in [1.82, 2.24) is 4.98 Å². The van der Waals surface area contributed by atoms with Gasteiger partial charge < -0.3 is 13.7 Å². The number of nitrogens with zero attached hydrogens (tertiary/aromatic N) is 2. The molecule has 0 atom stereocenters. The lowest BCUT2D eigenvalue weighted by Gasteiger charge is -2.22. The minimum atomic E-state index is 0.342. The van der Waals surface area contributed by atoms with Gasteiger partial charge in [0.1, 0.15) is 11.5 Å². The van der Waals surface area contributed by atoms with Crippen molar-refractivity contribution < 1.29 is 8.83 Å². The highest BCUT2D eigenvalue weighted by molar-refractivity contribution is 5.47. The van der Waals surface area contributed by atoms with Crippen molar-refractivity contribution in [2.75, 3.05) is 4.90 Å². The van der Waals surface area contributed by atoms with Gasteiger partial charge in [-0.05, 0) is 31.2 Å². The highest BCUT2D eigenvalue weighted by Gasteiger charge is 2.14. The summed E-state index contributed by atoms with van der Waals surface area (Å²) in [6.45, 7) is 7.57. The molecule has 2 heterocycles. The SMILES string of the molecule is Cc1ccc(N(Cc2ccco2)Cc2ncc(C(C)C)o2)cc1. The predicted molar refractivity (Wildman–Crippen MR) is 90.4 cm³/mol. The van der Waals surface area contributed by atoms with Crippen molar-refractivity contribution in [2.24, 2.45) is 0 Å². The average Bonchev–Trinajstić information content (AvgIpc) is 3.19. The van der Waals surface area contributed by atoms with Crippen molar-refractivity contribution in [3.63, 3.8) is 0 Å². The minimum absolute atomic E-state index is 0.342. The molecule has 0 amide bonds. The molecular formula is C19H22N2O2. The topological polar surface area (TPSA) is 42.4 Å². The largest absolute Gasteiger partial charge is 0.467 e. The van der Waals surface area contributed by atoms with Gasteiger partial charge in [0.15, 0.2) is 0 Å². The van der Waals surface area contributed by atoms with Gasteiger partial charge in [-0.3, -0.25) is 0 Å². The van der Waals surface area contributed by atoms with E-state index in [1.165, 1.54) is 5.56 Å². The van der Waals surface area contributed by atoms with Crippen molar-refractivity contribution in [3.8, 4) is 0 Å². The molecule has 0 fully saturated rings. The lowest BCUT2D eigenvalue weighted by Crippen LogP contribution is -2.22. The Morgan fingerprint density at radius 3 is 2.48 bits per heavy atom. The summed E-state index contributed by atoms with van der Waals surface area (Å²) in [7, 11) is 0. The number of anilines is 1. The summed E-state index contributed by atoms with van der Waals surface area (Å²) in [6.07, 6.45) is 3.52. The second kappa shape index (κ2) is 6.73. The van der Waals surface area contributed by atoms with Crippen LogP contribution in [0.4, 0.5) is 5.69 Å². The van der Waals surface area contributed by atoms with E-state index in [9.17, 15) is 0 Å². The molecule has 2 aromatic heterocycles. The van der Waals surface area contributed by atoms with Crippen LogP contribution in [-0.2, 0) is 13.1 Å². The highest BCUT2D eigenvalue weighted by Crippen LogP contribution is 2.22. The monoisotopic (exact) mass is 310 g/mol. The standard InChI is InChI=1S/C19H22N2O2/c1-14(2)18-11-20-19(23-18)13-21(12-17-5-4-10-22-17)16-8-6-15(3)7-9-16/h4-11,14H,12-13H2,1-3H3. The van der Waals surface area contributed by atoms with Gasteiger partial charge in [0, 0.05) is 11.6 Å². The fourth-order valence-corrected chi connectivity index (χ4v) is 2.41. The van der Waals surface area contributed by atoms with Crippen molar-refractivity contribution in [1.29, 1.82) is 0 Å². The summed E-state index contributed by atoms with van der Waals surface area (Å²) >= 11 is 0. The van der Waals surface area contributed by atoms with Gasteiger partial charge in [-0.2, -0.15) is 0 Å². The molecule has 4 heteroatoms. The third kappa shape index (κ3) is 3.83. The first-order valence-electron chi connectivity index (χ1n) is 7.90. The molecule has 0 spiro atoms. The number of aryl methyl sites for hydroxylation is 1. The molecule has 0 radical (unpaired) electrons. The lowest BCUT2D eigenvalue weighted by atomic mass is 10.2. The van der Waals surface area contributed by atoms with Crippen LogP contribution < -0.4 is 4.90 Å². The van der Waals surface area contributed by atoms with E-state index >= 15 is 0 Å². The van der Waals surface area contributed by atoms with Crippen LogP contribution in [0, 0.1) is 6.92 Å². The first kappa shape index (κ1) is 15.4. The van der Waals surface area contributed by atoms with Gasteiger partial charge in [0.2, 0.25) is 5.89 Å². The van der Waals surface area contributed by atoms with Gasteiger partial charge in [-0.25, -0.2) is 4.98 Å². The number of benzene rings is 1. The molecule has 3 aromatic rings. The Hall–Kier alpha value is -2.49. The molecule has 23 heavy (non-hydrogen) atoms. The summed E-state index contributed by atoms with van der Waals surface area (Å²) in [5.74, 6) is 2.90.